The van der Waals surface area contributed by atoms with Crippen LogP contribution in [0.5, 0.6) is 0 Å². The molecule has 3 saturated carbocycles. The fraction of sp³-hybridized carbons (Fsp3) is 0.853. The smallest absolute Gasteiger partial charge is 0.305 e. The average molecular weight is 561 g/mol. The van der Waals surface area contributed by atoms with Gasteiger partial charge in [-0.3, -0.25) is 4.79 Å². The zero-order valence-electron chi connectivity index (χ0n) is 27.4. The molecule has 4 rings (SSSR count). The van der Waals surface area contributed by atoms with Crippen LogP contribution in [0.1, 0.15) is 107 Å². The summed E-state index contributed by atoms with van der Waals surface area (Å²) in [6.45, 7) is 24.4. The summed E-state index contributed by atoms with van der Waals surface area (Å²) in [5, 5.41) is 7.23. The number of allylic oxidation sites excluding steroid dienone is 3. The zero-order valence-corrected chi connectivity index (χ0v) is 28.4. The molecule has 1 N–H and O–H groups in total. The molecule has 39 heavy (non-hydrogen) atoms. The minimum atomic E-state index is -1.83. The maximum Gasteiger partial charge on any atom is 0.305 e. The summed E-state index contributed by atoms with van der Waals surface area (Å²) in [5.41, 5.74) is 4.07. The standard InChI is InChI=1S/C33H56O3Si.CH4O/c1-22(12-17-29(34)35-9)24-14-15-25-23-13-16-27-31(5,6)28(36-37(10,11)30(2,3)4)19-21-33(27,8)26(23)18-20-32(24,25)7;1-2/h13,16,22,24-26,28H,12,14-15,17-21H2,1-11H3;2H,1H3/t22-,24-,25+,26+,28+,32-,33-;/m1./s1. The third-order valence-corrected chi connectivity index (χ3v) is 16.9. The molecule has 4 aliphatic carbocycles. The maximum absolute atomic E-state index is 11.8. The summed E-state index contributed by atoms with van der Waals surface area (Å²) in [5.74, 6) is 2.57. The molecule has 224 valence electrons. The number of esters is 1. The van der Waals surface area contributed by atoms with Crippen LogP contribution in [-0.4, -0.2) is 39.7 Å². The quantitative estimate of drug-likeness (QED) is 0.261. The molecule has 0 spiro atoms. The number of aliphatic hydroxyl groups excluding tert-OH is 1. The molecule has 0 aromatic rings. The molecule has 0 radical (unpaired) electrons. The van der Waals surface area contributed by atoms with Gasteiger partial charge in [-0.1, -0.05) is 78.7 Å². The van der Waals surface area contributed by atoms with Gasteiger partial charge in [0.1, 0.15) is 0 Å². The van der Waals surface area contributed by atoms with Crippen LogP contribution in [0, 0.1) is 39.9 Å². The predicted molar refractivity (Wildman–Crippen MR) is 165 cm³/mol. The minimum Gasteiger partial charge on any atom is -0.469 e. The Morgan fingerprint density at radius 1 is 1.03 bits per heavy atom. The van der Waals surface area contributed by atoms with E-state index in [9.17, 15) is 4.79 Å². The number of rotatable bonds is 6. The maximum atomic E-state index is 11.8. The van der Waals surface area contributed by atoms with Gasteiger partial charge < -0.3 is 14.3 Å². The van der Waals surface area contributed by atoms with Gasteiger partial charge in [0.25, 0.3) is 0 Å². The van der Waals surface area contributed by atoms with Crippen molar-refractivity contribution in [1.29, 1.82) is 0 Å². The number of carbonyl (C=O) groups is 1. The summed E-state index contributed by atoms with van der Waals surface area (Å²) < 4.78 is 12.0. The molecule has 0 aromatic heterocycles. The molecule has 4 aliphatic rings. The van der Waals surface area contributed by atoms with E-state index in [1.807, 2.05) is 0 Å². The molecule has 0 aliphatic heterocycles. The van der Waals surface area contributed by atoms with E-state index in [2.05, 4.69) is 80.6 Å². The first-order valence-electron chi connectivity index (χ1n) is 15.6. The molecule has 0 heterocycles. The monoisotopic (exact) mass is 560 g/mol. The lowest BCUT2D eigenvalue weighted by atomic mass is 9.46. The summed E-state index contributed by atoms with van der Waals surface area (Å²) in [7, 11) is 0.676. The Bertz CT molecular complexity index is 957. The van der Waals surface area contributed by atoms with Gasteiger partial charge in [-0.05, 0) is 97.6 Å². The van der Waals surface area contributed by atoms with Crippen LogP contribution in [0.3, 0.4) is 0 Å². The Morgan fingerprint density at radius 3 is 2.26 bits per heavy atom. The van der Waals surface area contributed by atoms with Gasteiger partial charge in [-0.25, -0.2) is 0 Å². The van der Waals surface area contributed by atoms with E-state index in [1.54, 1.807) is 11.1 Å². The molecule has 7 atom stereocenters. The SMILES string of the molecule is CO.COC(=O)CC[C@@H](C)[C@H]1CC[C@H]2C3=CC=C4C(C)(C)[C@@H](O[Si](C)(C)C(C)(C)C)CC[C@]4(C)[C@H]3CC[C@]12C. The first-order chi connectivity index (χ1) is 18.0. The molecule has 0 saturated heterocycles. The Morgan fingerprint density at radius 2 is 1.67 bits per heavy atom. The van der Waals surface area contributed by atoms with Gasteiger partial charge in [0.15, 0.2) is 8.32 Å². The van der Waals surface area contributed by atoms with E-state index in [1.165, 1.54) is 45.6 Å². The van der Waals surface area contributed by atoms with E-state index >= 15 is 0 Å². The van der Waals surface area contributed by atoms with Crippen LogP contribution < -0.4 is 0 Å². The van der Waals surface area contributed by atoms with Crippen molar-refractivity contribution in [3.05, 3.63) is 23.3 Å². The summed E-state index contributed by atoms with van der Waals surface area (Å²) >= 11 is 0. The minimum absolute atomic E-state index is 0.0614. The second-order valence-electron chi connectivity index (χ2n) is 15.7. The van der Waals surface area contributed by atoms with Crippen molar-refractivity contribution in [2.45, 2.75) is 131 Å². The number of ether oxygens (including phenoxy) is 1. The zero-order chi connectivity index (χ0) is 29.6. The first-order valence-corrected chi connectivity index (χ1v) is 18.5. The Kier molecular flexibility index (Phi) is 9.53. The third-order valence-electron chi connectivity index (χ3n) is 12.4. The van der Waals surface area contributed by atoms with Crippen molar-refractivity contribution < 1.29 is 19.1 Å². The highest BCUT2D eigenvalue weighted by Crippen LogP contribution is 2.68. The van der Waals surface area contributed by atoms with E-state index in [0.29, 0.717) is 41.6 Å². The Hall–Kier alpha value is -0.913. The van der Waals surface area contributed by atoms with Crippen LogP contribution in [-0.2, 0) is 14.0 Å². The Labute approximate surface area is 241 Å². The number of methoxy groups -OCH3 is 1. The van der Waals surface area contributed by atoms with Crippen LogP contribution >= 0.6 is 0 Å². The lowest BCUT2D eigenvalue weighted by Crippen LogP contribution is -2.55. The van der Waals surface area contributed by atoms with Gasteiger partial charge >= 0.3 is 5.97 Å². The fourth-order valence-corrected chi connectivity index (χ4v) is 10.5. The summed E-state index contributed by atoms with van der Waals surface area (Å²) in [4.78, 5) is 11.8. The Balaban J connectivity index is 0.00000205. The first kappa shape index (κ1) is 32.6. The van der Waals surface area contributed by atoms with Crippen molar-refractivity contribution in [3.8, 4) is 0 Å². The van der Waals surface area contributed by atoms with Crippen molar-refractivity contribution in [1.82, 2.24) is 0 Å². The van der Waals surface area contributed by atoms with Crippen LogP contribution in [0.4, 0.5) is 0 Å². The number of aliphatic hydroxyl groups is 1. The summed E-state index contributed by atoms with van der Waals surface area (Å²) in [6, 6.07) is 0. The molecule has 5 heteroatoms. The fourth-order valence-electron chi connectivity index (χ4n) is 9.06. The van der Waals surface area contributed by atoms with Gasteiger partial charge in [0, 0.05) is 18.9 Å². The molecule has 4 nitrogen and oxygen atoms in total. The molecule has 3 fully saturated rings. The summed E-state index contributed by atoms with van der Waals surface area (Å²) in [6.07, 6.45) is 14.6. The topological polar surface area (TPSA) is 55.8 Å². The lowest BCUT2D eigenvalue weighted by Gasteiger charge is -2.60. The van der Waals surface area contributed by atoms with Crippen molar-refractivity contribution in [3.63, 3.8) is 0 Å². The molecule has 0 bridgehead atoms. The molecule has 0 unspecified atom stereocenters. The number of hydrogen-bond donors (Lipinski definition) is 1. The van der Waals surface area contributed by atoms with Gasteiger partial charge in [0.05, 0.1) is 13.2 Å². The number of carbonyl (C=O) groups excluding carboxylic acids is 1. The van der Waals surface area contributed by atoms with E-state index in [4.69, 9.17) is 14.3 Å². The predicted octanol–water partition coefficient (Wildman–Crippen LogP) is 8.71. The molecule has 0 amide bonds. The number of fused-ring (bicyclic) bond motifs is 5. The van der Waals surface area contributed by atoms with Crippen LogP contribution in [0.2, 0.25) is 18.1 Å². The van der Waals surface area contributed by atoms with Crippen molar-refractivity contribution >= 4 is 14.3 Å². The van der Waals surface area contributed by atoms with E-state index in [0.717, 1.165) is 13.5 Å². The van der Waals surface area contributed by atoms with E-state index in [-0.39, 0.29) is 21.8 Å². The van der Waals surface area contributed by atoms with Gasteiger partial charge in [-0.15, -0.1) is 0 Å². The second kappa shape index (κ2) is 11.4. The largest absolute Gasteiger partial charge is 0.469 e. The lowest BCUT2D eigenvalue weighted by molar-refractivity contribution is -0.141. The van der Waals surface area contributed by atoms with Crippen molar-refractivity contribution in [2.75, 3.05) is 14.2 Å². The van der Waals surface area contributed by atoms with Gasteiger partial charge in [0.2, 0.25) is 0 Å². The highest BCUT2D eigenvalue weighted by atomic mass is 28.4. The third kappa shape index (κ3) is 5.63. The molecule has 0 aromatic carbocycles. The van der Waals surface area contributed by atoms with Gasteiger partial charge in [-0.2, -0.15) is 0 Å². The number of hydrogen-bond acceptors (Lipinski definition) is 4. The normalized spacial score (nSPS) is 36.2. The van der Waals surface area contributed by atoms with Crippen LogP contribution in [0.25, 0.3) is 0 Å². The molecular weight excluding hydrogens is 500 g/mol. The highest BCUT2D eigenvalue weighted by molar-refractivity contribution is 6.74. The highest BCUT2D eigenvalue weighted by Gasteiger charge is 2.60. The van der Waals surface area contributed by atoms with E-state index < -0.39 is 8.32 Å². The van der Waals surface area contributed by atoms with Crippen molar-refractivity contribution in [2.24, 2.45) is 39.9 Å². The van der Waals surface area contributed by atoms with Crippen LogP contribution in [0.15, 0.2) is 23.3 Å². The second-order valence-corrected chi connectivity index (χ2v) is 20.5. The molecular formula is C34H60O4Si. The average Bonchev–Trinajstić information content (AvgIpc) is 3.22.